The molecule has 1 heterocycles. The van der Waals surface area contributed by atoms with Crippen molar-refractivity contribution < 1.29 is 19.1 Å². The fraction of sp³-hybridized carbons (Fsp3) is 0.333. The third-order valence-electron chi connectivity index (χ3n) is 4.35. The van der Waals surface area contributed by atoms with E-state index in [-0.39, 0.29) is 0 Å². The second kappa shape index (κ2) is 10.2. The third kappa shape index (κ3) is 5.64. The molecule has 28 heavy (non-hydrogen) atoms. The van der Waals surface area contributed by atoms with E-state index in [2.05, 4.69) is 16.9 Å². The highest BCUT2D eigenvalue weighted by atomic mass is 16.5. The Morgan fingerprint density at radius 1 is 1.25 bits per heavy atom. The minimum Gasteiger partial charge on any atom is -0.478 e. The van der Waals surface area contributed by atoms with E-state index in [1.807, 2.05) is 0 Å². The molecule has 0 saturated heterocycles. The van der Waals surface area contributed by atoms with Crippen molar-refractivity contribution in [1.29, 1.82) is 0 Å². The van der Waals surface area contributed by atoms with Gasteiger partial charge >= 0.3 is 0 Å². The number of allylic oxidation sites excluding steroid dienone is 2. The van der Waals surface area contributed by atoms with Gasteiger partial charge in [0.15, 0.2) is 0 Å². The van der Waals surface area contributed by atoms with Gasteiger partial charge in [-0.3, -0.25) is 14.4 Å². The van der Waals surface area contributed by atoms with E-state index in [0.717, 1.165) is 12.8 Å². The quantitative estimate of drug-likeness (QED) is 0.780. The number of hydrogen-bond donors (Lipinski definition) is 2. The Morgan fingerprint density at radius 2 is 1.96 bits per heavy atom. The van der Waals surface area contributed by atoms with Crippen molar-refractivity contribution in [2.45, 2.75) is 38.6 Å². The molecule has 1 aliphatic rings. The Balaban J connectivity index is 2.44. The van der Waals surface area contributed by atoms with Crippen molar-refractivity contribution in [3.8, 4) is 0 Å². The van der Waals surface area contributed by atoms with Crippen molar-refractivity contribution in [3.63, 3.8) is 0 Å². The van der Waals surface area contributed by atoms with Crippen LogP contribution in [0.5, 0.6) is 0 Å². The number of carbonyl (C=O) groups is 3. The Kier molecular flexibility index (Phi) is 7.68. The van der Waals surface area contributed by atoms with E-state index < -0.39 is 23.6 Å². The number of fused-ring (bicyclic) bond motifs is 1. The molecule has 0 spiro atoms. The molecule has 0 aromatic heterocycles. The summed E-state index contributed by atoms with van der Waals surface area (Å²) in [7, 11) is 0. The molecule has 3 N–H and O–H groups in total. The zero-order valence-electron chi connectivity index (χ0n) is 15.9. The lowest BCUT2D eigenvalue weighted by Gasteiger charge is -2.18. The molecule has 7 nitrogen and oxygen atoms in total. The number of rotatable bonds is 3. The summed E-state index contributed by atoms with van der Waals surface area (Å²) >= 11 is 0. The predicted octanol–water partition coefficient (Wildman–Crippen LogP) is 2.27. The Labute approximate surface area is 164 Å². The van der Waals surface area contributed by atoms with Crippen molar-refractivity contribution >= 4 is 23.3 Å². The van der Waals surface area contributed by atoms with Crippen LogP contribution in [0, 0.1) is 0 Å². The molecule has 7 heteroatoms. The van der Waals surface area contributed by atoms with Crippen molar-refractivity contribution in [2.24, 2.45) is 10.7 Å². The van der Waals surface area contributed by atoms with Gasteiger partial charge in [0.1, 0.15) is 0 Å². The number of ketones is 1. The fourth-order valence-corrected chi connectivity index (χ4v) is 2.92. The first-order valence-corrected chi connectivity index (χ1v) is 9.18. The number of nitrogens with one attached hydrogen (secondary N) is 1. The lowest BCUT2D eigenvalue weighted by molar-refractivity contribution is -0.137. The third-order valence-corrected chi connectivity index (χ3v) is 4.35. The highest BCUT2D eigenvalue weighted by Crippen LogP contribution is 2.15. The number of amides is 2. The predicted molar refractivity (Wildman–Crippen MR) is 107 cm³/mol. The van der Waals surface area contributed by atoms with Crippen LogP contribution in [0.2, 0.25) is 0 Å². The number of benzene rings is 1. The Bertz CT molecular complexity index is 827. The van der Waals surface area contributed by atoms with Gasteiger partial charge in [-0.15, -0.1) is 0 Å². The Hall–Kier alpha value is -3.22. The molecule has 1 aromatic carbocycles. The largest absolute Gasteiger partial charge is 0.478 e. The molecule has 2 amide bonds. The zero-order chi connectivity index (χ0) is 20.5. The summed E-state index contributed by atoms with van der Waals surface area (Å²) in [5.41, 5.74) is 6.66. The number of hydrogen-bond acceptors (Lipinski definition) is 5. The molecule has 1 aliphatic heterocycles. The molecule has 1 aromatic rings. The van der Waals surface area contributed by atoms with Gasteiger partial charge in [-0.05, 0) is 38.3 Å². The highest BCUT2D eigenvalue weighted by Gasteiger charge is 2.26. The lowest BCUT2D eigenvalue weighted by atomic mass is 10.00. The number of nitrogens with two attached hydrogens (primary N) is 1. The first-order chi connectivity index (χ1) is 13.4. The zero-order valence-corrected chi connectivity index (χ0v) is 15.9. The Morgan fingerprint density at radius 3 is 2.64 bits per heavy atom. The molecule has 1 unspecified atom stereocenters. The number of primary amides is 1. The van der Waals surface area contributed by atoms with E-state index in [9.17, 15) is 14.4 Å². The van der Waals surface area contributed by atoms with E-state index >= 15 is 0 Å². The van der Waals surface area contributed by atoms with E-state index in [1.165, 1.54) is 0 Å². The topological polar surface area (TPSA) is 111 Å². The van der Waals surface area contributed by atoms with Gasteiger partial charge in [0.2, 0.25) is 11.7 Å². The van der Waals surface area contributed by atoms with Gasteiger partial charge in [-0.25, -0.2) is 4.99 Å². The number of Topliss-reactive ketones (excluding diaryl/α,β-unsaturated/α-hetero) is 1. The fourth-order valence-electron chi connectivity index (χ4n) is 2.92. The molecular weight excluding hydrogens is 358 g/mol. The van der Waals surface area contributed by atoms with Crippen LogP contribution in [-0.2, 0) is 14.3 Å². The van der Waals surface area contributed by atoms with Gasteiger partial charge in [-0.1, -0.05) is 37.3 Å². The SMILES string of the molecule is C=C/C=C1\N=C(/C)c2ccccc2C(=O)NC(C(=O)C(N)=O)CCCCCO1. The van der Waals surface area contributed by atoms with Crippen LogP contribution in [0.15, 0.2) is 53.9 Å². The second-order valence-corrected chi connectivity index (χ2v) is 6.44. The molecule has 1 atom stereocenters. The lowest BCUT2D eigenvalue weighted by Crippen LogP contribution is -2.46. The summed E-state index contributed by atoms with van der Waals surface area (Å²) in [4.78, 5) is 40.8. The summed E-state index contributed by atoms with van der Waals surface area (Å²) in [6.45, 7) is 5.90. The summed E-state index contributed by atoms with van der Waals surface area (Å²) < 4.78 is 5.71. The molecule has 148 valence electrons. The normalized spacial score (nSPS) is 21.9. The smallest absolute Gasteiger partial charge is 0.287 e. The first-order valence-electron chi connectivity index (χ1n) is 9.18. The van der Waals surface area contributed by atoms with E-state index in [0.29, 0.717) is 42.2 Å². The number of carbonyl (C=O) groups excluding carboxylic acids is 3. The average Bonchev–Trinajstić information content (AvgIpc) is 2.68. The van der Waals surface area contributed by atoms with Crippen LogP contribution in [0.1, 0.15) is 48.5 Å². The molecule has 0 bridgehead atoms. The summed E-state index contributed by atoms with van der Waals surface area (Å²) in [5.74, 6) is -1.89. The molecule has 0 radical (unpaired) electrons. The standard InChI is InChI=1S/C21H25N3O4/c1-3-9-18-23-14(2)15-10-6-7-11-16(15)21(27)24-17(19(25)20(22)26)12-5-4-8-13-28-18/h3,6-7,9-11,17H,1,4-5,8,12-13H2,2H3,(H2,22,26)(H,24,27)/b18-9+,23-14+. The van der Waals surface area contributed by atoms with Crippen LogP contribution < -0.4 is 11.1 Å². The molecule has 0 saturated carbocycles. The highest BCUT2D eigenvalue weighted by molar-refractivity contribution is 6.38. The van der Waals surface area contributed by atoms with Gasteiger partial charge in [0.25, 0.3) is 11.8 Å². The first kappa shape index (κ1) is 21.1. The summed E-state index contributed by atoms with van der Waals surface area (Å²) in [6, 6.07) is 5.96. The second-order valence-electron chi connectivity index (χ2n) is 6.44. The number of aliphatic imine (C=N–C) groups is 1. The van der Waals surface area contributed by atoms with Crippen molar-refractivity contribution in [1.82, 2.24) is 5.32 Å². The molecular formula is C21H25N3O4. The molecule has 0 aliphatic carbocycles. The minimum atomic E-state index is -1.06. The van der Waals surface area contributed by atoms with Gasteiger partial charge in [-0.2, -0.15) is 0 Å². The monoisotopic (exact) mass is 383 g/mol. The maximum absolute atomic E-state index is 12.8. The van der Waals surface area contributed by atoms with Crippen LogP contribution in [0.25, 0.3) is 0 Å². The summed E-state index contributed by atoms with van der Waals surface area (Å²) in [6.07, 6.45) is 5.73. The van der Waals surface area contributed by atoms with Crippen LogP contribution >= 0.6 is 0 Å². The van der Waals surface area contributed by atoms with Crippen molar-refractivity contribution in [3.05, 3.63) is 60.0 Å². The van der Waals surface area contributed by atoms with Crippen LogP contribution in [0.4, 0.5) is 0 Å². The maximum atomic E-state index is 12.8. The summed E-state index contributed by atoms with van der Waals surface area (Å²) in [5, 5.41) is 2.66. The maximum Gasteiger partial charge on any atom is 0.287 e. The van der Waals surface area contributed by atoms with E-state index in [4.69, 9.17) is 10.5 Å². The van der Waals surface area contributed by atoms with Gasteiger partial charge in [0.05, 0.1) is 12.6 Å². The molecule has 0 fully saturated rings. The molecule has 2 rings (SSSR count). The van der Waals surface area contributed by atoms with Crippen LogP contribution in [-0.4, -0.2) is 36.0 Å². The number of nitrogens with zero attached hydrogens (tertiary/aromatic N) is 1. The minimum absolute atomic E-state index is 0.331. The van der Waals surface area contributed by atoms with Crippen molar-refractivity contribution in [2.75, 3.05) is 6.61 Å². The van der Waals surface area contributed by atoms with E-state index in [1.54, 1.807) is 43.3 Å². The van der Waals surface area contributed by atoms with Crippen LogP contribution in [0.3, 0.4) is 0 Å². The van der Waals surface area contributed by atoms with Gasteiger partial charge in [0, 0.05) is 16.8 Å². The average molecular weight is 383 g/mol. The van der Waals surface area contributed by atoms with Gasteiger partial charge < -0.3 is 15.8 Å². The number of ether oxygens (including phenoxy) is 1.